The largest absolute Gasteiger partial charge is 0.497 e. The number of ether oxygens (including phenoxy) is 1. The van der Waals surface area contributed by atoms with Crippen LogP contribution in [0.15, 0.2) is 54.6 Å². The molecule has 1 saturated heterocycles. The number of benzene rings is 2. The van der Waals surface area contributed by atoms with E-state index in [-0.39, 0.29) is 5.91 Å². The molecule has 154 valence electrons. The van der Waals surface area contributed by atoms with Gasteiger partial charge in [0.25, 0.3) is 5.82 Å². The Kier molecular flexibility index (Phi) is 5.98. The molecule has 0 radical (unpaired) electrons. The number of fused-ring (bicyclic) bond motifs is 1. The smallest absolute Gasteiger partial charge is 0.275 e. The van der Waals surface area contributed by atoms with Gasteiger partial charge in [-0.3, -0.25) is 9.69 Å². The van der Waals surface area contributed by atoms with Crippen molar-refractivity contribution >= 4 is 34.4 Å². The van der Waals surface area contributed by atoms with E-state index in [1.54, 1.807) is 19.3 Å². The predicted octanol–water partition coefficient (Wildman–Crippen LogP) is 4.61. The number of anilines is 2. The normalized spacial score (nSPS) is 14.3. The lowest BCUT2D eigenvalue weighted by atomic mass is 10.1. The van der Waals surface area contributed by atoms with Crippen LogP contribution in [0.5, 0.6) is 5.75 Å². The summed E-state index contributed by atoms with van der Waals surface area (Å²) in [6.07, 6.45) is 7.16. The van der Waals surface area contributed by atoms with Crippen molar-refractivity contribution in [3.05, 3.63) is 65.7 Å². The number of aromatic nitrogens is 1. The maximum atomic E-state index is 12.4. The van der Waals surface area contributed by atoms with E-state index in [1.807, 2.05) is 42.5 Å². The zero-order valence-electron chi connectivity index (χ0n) is 17.6. The van der Waals surface area contributed by atoms with Gasteiger partial charge in [0, 0.05) is 23.2 Å². The lowest BCUT2D eigenvalue weighted by molar-refractivity contribution is -0.330. The molecular formula is C25H28N3O2+. The number of hydrogen-bond donors (Lipinski definition) is 1. The average Bonchev–Trinajstić information content (AvgIpc) is 2.79. The molecule has 0 spiro atoms. The summed E-state index contributed by atoms with van der Waals surface area (Å²) < 4.78 is 5.15. The number of piperidine rings is 1. The Hall–Kier alpha value is -3.34. The van der Waals surface area contributed by atoms with Gasteiger partial charge in [0.2, 0.25) is 5.91 Å². The van der Waals surface area contributed by atoms with Gasteiger partial charge in [0.15, 0.2) is 0 Å². The van der Waals surface area contributed by atoms with Crippen molar-refractivity contribution in [2.75, 3.05) is 30.4 Å². The van der Waals surface area contributed by atoms with Gasteiger partial charge in [-0.2, -0.15) is 0 Å². The van der Waals surface area contributed by atoms with Crippen LogP contribution in [0, 0.1) is 6.92 Å². The van der Waals surface area contributed by atoms with Crippen LogP contribution in [0.3, 0.4) is 0 Å². The quantitative estimate of drug-likeness (QED) is 0.634. The van der Waals surface area contributed by atoms with Crippen molar-refractivity contribution in [1.82, 2.24) is 0 Å². The number of aromatic amines is 1. The molecule has 30 heavy (non-hydrogen) atoms. The lowest BCUT2D eigenvalue weighted by Crippen LogP contribution is -2.34. The molecule has 5 heteroatoms. The second kappa shape index (κ2) is 8.99. The van der Waals surface area contributed by atoms with Crippen molar-refractivity contribution in [2.24, 2.45) is 0 Å². The minimum Gasteiger partial charge on any atom is -0.497 e. The van der Waals surface area contributed by atoms with E-state index < -0.39 is 0 Å². The van der Waals surface area contributed by atoms with Gasteiger partial charge in [-0.1, -0.05) is 12.1 Å². The first-order valence-corrected chi connectivity index (χ1v) is 10.5. The highest BCUT2D eigenvalue weighted by Gasteiger charge is 2.20. The number of carbonyl (C=O) groups is 1. The average molecular weight is 403 g/mol. The summed E-state index contributed by atoms with van der Waals surface area (Å²) in [7, 11) is 1.63. The third-order valence-electron chi connectivity index (χ3n) is 5.57. The summed E-state index contributed by atoms with van der Waals surface area (Å²) in [6, 6.07) is 15.8. The molecule has 0 atom stereocenters. The Morgan fingerprint density at radius 1 is 1.07 bits per heavy atom. The molecule has 3 aromatic rings. The van der Waals surface area contributed by atoms with Crippen LogP contribution >= 0.6 is 0 Å². The van der Waals surface area contributed by atoms with Gasteiger partial charge in [-0.05, 0) is 73.7 Å². The van der Waals surface area contributed by atoms with Crippen LogP contribution < -0.4 is 19.9 Å². The maximum absolute atomic E-state index is 12.4. The molecule has 4 rings (SSSR count). The molecule has 0 saturated carbocycles. The Bertz CT molecular complexity index is 1070. The molecule has 1 amide bonds. The summed E-state index contributed by atoms with van der Waals surface area (Å²) in [4.78, 5) is 18.3. The van der Waals surface area contributed by atoms with E-state index in [1.165, 1.54) is 30.6 Å². The first-order valence-electron chi connectivity index (χ1n) is 10.5. The van der Waals surface area contributed by atoms with Gasteiger partial charge in [0.05, 0.1) is 20.2 Å². The van der Waals surface area contributed by atoms with Crippen LogP contribution in [0.25, 0.3) is 17.0 Å². The molecule has 2 heterocycles. The van der Waals surface area contributed by atoms with Crippen molar-refractivity contribution < 1.29 is 14.5 Å². The van der Waals surface area contributed by atoms with Gasteiger partial charge < -0.3 is 10.1 Å². The second-order valence-electron chi connectivity index (χ2n) is 7.74. The summed E-state index contributed by atoms with van der Waals surface area (Å²) in [6.45, 7) is 4.34. The SMILES string of the molecule is COc1ccc(C=CC(=O)Nc2ccc3[nH+]c(N4CCCCC4)cc(C)c3c2)cc1. The van der Waals surface area contributed by atoms with E-state index in [0.29, 0.717) is 0 Å². The Morgan fingerprint density at radius 3 is 2.57 bits per heavy atom. The van der Waals surface area contributed by atoms with Gasteiger partial charge >= 0.3 is 0 Å². The van der Waals surface area contributed by atoms with Crippen molar-refractivity contribution in [1.29, 1.82) is 0 Å². The number of rotatable bonds is 5. The maximum Gasteiger partial charge on any atom is 0.275 e. The fraction of sp³-hybridized carbons (Fsp3) is 0.280. The molecule has 1 fully saturated rings. The lowest BCUT2D eigenvalue weighted by Gasteiger charge is -2.21. The first-order chi connectivity index (χ1) is 14.6. The molecule has 1 aromatic heterocycles. The van der Waals surface area contributed by atoms with Gasteiger partial charge in [-0.15, -0.1) is 0 Å². The van der Waals surface area contributed by atoms with Crippen LogP contribution in [0.1, 0.15) is 30.4 Å². The Morgan fingerprint density at radius 2 is 1.83 bits per heavy atom. The van der Waals surface area contributed by atoms with Crippen molar-refractivity contribution in [3.8, 4) is 5.75 Å². The summed E-state index contributed by atoms with van der Waals surface area (Å²) in [5.41, 5.74) is 4.02. The van der Waals surface area contributed by atoms with E-state index in [4.69, 9.17) is 4.74 Å². The van der Waals surface area contributed by atoms with Gasteiger partial charge in [-0.25, -0.2) is 4.98 Å². The number of H-pyrrole nitrogens is 1. The molecule has 2 N–H and O–H groups in total. The minimum absolute atomic E-state index is 0.156. The van der Waals surface area contributed by atoms with Crippen LogP contribution in [0.4, 0.5) is 11.5 Å². The summed E-state index contributed by atoms with van der Waals surface area (Å²) in [5, 5.41) is 4.08. The number of aryl methyl sites for hydroxylation is 1. The molecule has 5 nitrogen and oxygen atoms in total. The van der Waals surface area contributed by atoms with Crippen LogP contribution in [-0.4, -0.2) is 26.1 Å². The highest BCUT2D eigenvalue weighted by atomic mass is 16.5. The standard InChI is InChI=1S/C25H27N3O2/c1-18-16-24(28-14-4-3-5-15-28)27-23-12-9-20(17-22(18)23)26-25(29)13-8-19-6-10-21(30-2)11-7-19/h6-13,16-17H,3-5,14-15H2,1-2H3,(H,26,29)/p+1. The molecule has 0 aliphatic carbocycles. The fourth-order valence-corrected chi connectivity index (χ4v) is 3.89. The topological polar surface area (TPSA) is 55.7 Å². The second-order valence-corrected chi connectivity index (χ2v) is 7.74. The Labute approximate surface area is 177 Å². The molecule has 1 aliphatic rings. The van der Waals surface area contributed by atoms with Crippen LogP contribution in [0.2, 0.25) is 0 Å². The minimum atomic E-state index is -0.156. The number of nitrogens with one attached hydrogen (secondary N) is 2. The van der Waals surface area contributed by atoms with E-state index in [0.717, 1.165) is 41.0 Å². The molecule has 0 unspecified atom stereocenters. The zero-order valence-corrected chi connectivity index (χ0v) is 17.6. The third kappa shape index (κ3) is 4.62. The number of amides is 1. The highest BCUT2D eigenvalue weighted by Crippen LogP contribution is 2.24. The number of hydrogen-bond acceptors (Lipinski definition) is 3. The monoisotopic (exact) mass is 402 g/mol. The molecule has 0 bridgehead atoms. The van der Waals surface area contributed by atoms with Crippen molar-refractivity contribution in [3.63, 3.8) is 0 Å². The first kappa shape index (κ1) is 20.0. The van der Waals surface area contributed by atoms with E-state index in [9.17, 15) is 4.79 Å². The van der Waals surface area contributed by atoms with E-state index in [2.05, 4.69) is 28.2 Å². The summed E-state index contributed by atoms with van der Waals surface area (Å²) in [5.74, 6) is 1.82. The molecule has 2 aromatic carbocycles. The summed E-state index contributed by atoms with van der Waals surface area (Å²) >= 11 is 0. The Balaban J connectivity index is 1.48. The number of pyridine rings is 1. The predicted molar refractivity (Wildman–Crippen MR) is 122 cm³/mol. The van der Waals surface area contributed by atoms with E-state index >= 15 is 0 Å². The number of carbonyl (C=O) groups excluding carboxylic acids is 1. The van der Waals surface area contributed by atoms with Gasteiger partial charge in [0.1, 0.15) is 11.3 Å². The molecular weight excluding hydrogens is 374 g/mol. The van der Waals surface area contributed by atoms with Crippen LogP contribution in [-0.2, 0) is 4.79 Å². The van der Waals surface area contributed by atoms with Crippen molar-refractivity contribution in [2.45, 2.75) is 26.2 Å². The number of nitrogens with zero attached hydrogens (tertiary/aromatic N) is 1. The highest BCUT2D eigenvalue weighted by molar-refractivity contribution is 6.03. The fourth-order valence-electron chi connectivity index (χ4n) is 3.89. The molecule has 1 aliphatic heterocycles. The zero-order chi connectivity index (χ0) is 20.9. The third-order valence-corrected chi connectivity index (χ3v) is 5.57. The number of methoxy groups -OCH3 is 1.